The van der Waals surface area contributed by atoms with Gasteiger partial charge in [0.1, 0.15) is 0 Å². The molecule has 1 aromatic rings. The van der Waals surface area contributed by atoms with E-state index < -0.39 is 5.91 Å². The summed E-state index contributed by atoms with van der Waals surface area (Å²) in [6.45, 7) is 0.408. The van der Waals surface area contributed by atoms with Crippen LogP contribution in [0.4, 0.5) is 0 Å². The zero-order valence-electron chi connectivity index (χ0n) is 8.88. The minimum absolute atomic E-state index is 0.0522. The van der Waals surface area contributed by atoms with E-state index in [1.165, 1.54) is 6.07 Å². The smallest absolute Gasteiger partial charge is 0.287 e. The molecule has 0 aliphatic heterocycles. The Balaban J connectivity index is 2.68. The second kappa shape index (κ2) is 6.23. The molecule has 0 saturated carbocycles. The van der Waals surface area contributed by atoms with Crippen LogP contribution in [0.25, 0.3) is 0 Å². The summed E-state index contributed by atoms with van der Waals surface area (Å²) in [6.07, 6.45) is 0. The Hall–Kier alpha value is -2.42. The fourth-order valence-corrected chi connectivity index (χ4v) is 1.16. The summed E-state index contributed by atoms with van der Waals surface area (Å²) in [6, 6.07) is 5.26. The van der Waals surface area contributed by atoms with Gasteiger partial charge < -0.3 is 4.52 Å². The van der Waals surface area contributed by atoms with Gasteiger partial charge in [-0.3, -0.25) is 15.1 Å². The lowest BCUT2D eigenvalue weighted by molar-refractivity contribution is 0.0944. The summed E-state index contributed by atoms with van der Waals surface area (Å²) in [5, 5.41) is 20.6. The average Bonchev–Trinajstić information content (AvgIpc) is 2.77. The Morgan fingerprint density at radius 3 is 2.71 bits per heavy atom. The maximum Gasteiger partial charge on any atom is 0.287 e. The molecule has 88 valence electrons. The summed E-state index contributed by atoms with van der Waals surface area (Å²) in [5.74, 6) is 4.75. The molecule has 0 saturated heterocycles. The highest BCUT2D eigenvalue weighted by Gasteiger charge is 2.13. The van der Waals surface area contributed by atoms with Crippen molar-refractivity contribution in [2.24, 2.45) is 5.84 Å². The second-order valence-corrected chi connectivity index (χ2v) is 3.11. The number of hydrogen-bond acceptors (Lipinski definition) is 7. The molecule has 0 atom stereocenters. The van der Waals surface area contributed by atoms with Crippen LogP contribution in [0.1, 0.15) is 16.2 Å². The molecule has 3 N–H and O–H groups in total. The number of nitriles is 2. The number of nitrogen functional groups attached to an aromatic ring is 1. The lowest BCUT2D eigenvalue weighted by Gasteiger charge is -2.11. The summed E-state index contributed by atoms with van der Waals surface area (Å²) in [5.41, 5.74) is 1.97. The Kier molecular flexibility index (Phi) is 4.63. The first-order valence-corrected chi connectivity index (χ1v) is 4.64. The highest BCUT2D eigenvalue weighted by molar-refractivity contribution is 5.91. The molecule has 1 rings (SSSR count). The van der Waals surface area contributed by atoms with E-state index in [1.54, 1.807) is 4.90 Å². The van der Waals surface area contributed by atoms with Crippen LogP contribution in [-0.4, -0.2) is 29.1 Å². The minimum atomic E-state index is -0.563. The molecular formula is C9H10N6O2. The molecule has 8 nitrogen and oxygen atoms in total. The van der Waals surface area contributed by atoms with Gasteiger partial charge in [-0.15, -0.1) is 0 Å². The fraction of sp³-hybridized carbons (Fsp3) is 0.333. The van der Waals surface area contributed by atoms with Gasteiger partial charge in [0.2, 0.25) is 0 Å². The van der Waals surface area contributed by atoms with Gasteiger partial charge in [0.05, 0.1) is 31.8 Å². The predicted octanol–water partition coefficient (Wildman–Crippen LogP) is -0.873. The van der Waals surface area contributed by atoms with Crippen molar-refractivity contribution in [2.45, 2.75) is 6.54 Å². The fourth-order valence-electron chi connectivity index (χ4n) is 1.16. The minimum Gasteiger partial charge on any atom is -0.359 e. The average molecular weight is 234 g/mol. The summed E-state index contributed by atoms with van der Waals surface area (Å²) in [4.78, 5) is 12.6. The SMILES string of the molecule is N#CCN(CC#N)Cc1cc(C(=O)NN)no1. The van der Waals surface area contributed by atoms with Gasteiger partial charge in [0.15, 0.2) is 11.5 Å². The van der Waals surface area contributed by atoms with Gasteiger partial charge in [-0.2, -0.15) is 10.5 Å². The van der Waals surface area contributed by atoms with Crippen LogP contribution in [0.3, 0.4) is 0 Å². The van der Waals surface area contributed by atoms with Crippen LogP contribution in [0.2, 0.25) is 0 Å². The molecule has 0 aromatic carbocycles. The Labute approximate surface area is 97.2 Å². The van der Waals surface area contributed by atoms with E-state index >= 15 is 0 Å². The van der Waals surface area contributed by atoms with Crippen molar-refractivity contribution in [1.29, 1.82) is 10.5 Å². The van der Waals surface area contributed by atoms with Gasteiger partial charge in [0, 0.05) is 6.07 Å². The number of nitrogens with two attached hydrogens (primary N) is 1. The summed E-state index contributed by atoms with van der Waals surface area (Å²) in [7, 11) is 0. The molecule has 0 fully saturated rings. The van der Waals surface area contributed by atoms with E-state index in [2.05, 4.69) is 5.16 Å². The molecule has 1 amide bonds. The van der Waals surface area contributed by atoms with Gasteiger partial charge in [-0.05, 0) is 0 Å². The molecule has 0 aliphatic carbocycles. The van der Waals surface area contributed by atoms with Crippen molar-refractivity contribution in [3.05, 3.63) is 17.5 Å². The molecule has 0 aliphatic rings. The van der Waals surface area contributed by atoms with Crippen LogP contribution in [-0.2, 0) is 6.54 Å². The number of hydrogen-bond donors (Lipinski definition) is 2. The van der Waals surface area contributed by atoms with E-state index in [0.717, 1.165) is 0 Å². The molecule has 0 radical (unpaired) electrons. The largest absolute Gasteiger partial charge is 0.359 e. The lowest BCUT2D eigenvalue weighted by atomic mass is 10.3. The standard InChI is InChI=1S/C9H10N6O2/c10-1-3-15(4-2-11)6-7-5-8(14-17-7)9(16)13-12/h5H,3-4,6,12H2,(H,13,16). The molecule has 0 unspecified atom stereocenters. The molecule has 1 aromatic heterocycles. The van der Waals surface area contributed by atoms with E-state index in [1.807, 2.05) is 17.6 Å². The van der Waals surface area contributed by atoms with Gasteiger partial charge in [-0.25, -0.2) is 5.84 Å². The zero-order valence-corrected chi connectivity index (χ0v) is 8.88. The summed E-state index contributed by atoms with van der Waals surface area (Å²) >= 11 is 0. The van der Waals surface area contributed by atoms with E-state index in [9.17, 15) is 4.79 Å². The number of rotatable bonds is 5. The number of aromatic nitrogens is 1. The van der Waals surface area contributed by atoms with Crippen LogP contribution >= 0.6 is 0 Å². The van der Waals surface area contributed by atoms with Crippen molar-refractivity contribution >= 4 is 5.91 Å². The third-order valence-electron chi connectivity index (χ3n) is 1.89. The first-order chi connectivity index (χ1) is 8.21. The Bertz CT molecular complexity index is 453. The first-order valence-electron chi connectivity index (χ1n) is 4.64. The predicted molar refractivity (Wildman–Crippen MR) is 54.7 cm³/mol. The highest BCUT2D eigenvalue weighted by atomic mass is 16.5. The molecule has 0 bridgehead atoms. The monoisotopic (exact) mass is 234 g/mol. The molecule has 17 heavy (non-hydrogen) atoms. The van der Waals surface area contributed by atoms with Crippen molar-refractivity contribution in [1.82, 2.24) is 15.5 Å². The molecule has 0 spiro atoms. The van der Waals surface area contributed by atoms with Crippen LogP contribution < -0.4 is 11.3 Å². The van der Waals surface area contributed by atoms with Crippen molar-refractivity contribution in [3.63, 3.8) is 0 Å². The second-order valence-electron chi connectivity index (χ2n) is 3.11. The number of amides is 1. The highest BCUT2D eigenvalue weighted by Crippen LogP contribution is 2.06. The Morgan fingerprint density at radius 1 is 1.53 bits per heavy atom. The van der Waals surface area contributed by atoms with Gasteiger partial charge >= 0.3 is 0 Å². The Morgan fingerprint density at radius 2 is 2.18 bits per heavy atom. The topological polar surface area (TPSA) is 132 Å². The van der Waals surface area contributed by atoms with E-state index in [0.29, 0.717) is 5.76 Å². The third kappa shape index (κ3) is 3.57. The first kappa shape index (κ1) is 12.6. The zero-order chi connectivity index (χ0) is 12.7. The number of nitrogens with one attached hydrogen (secondary N) is 1. The van der Waals surface area contributed by atoms with Crippen molar-refractivity contribution in [2.75, 3.05) is 13.1 Å². The van der Waals surface area contributed by atoms with Crippen molar-refractivity contribution in [3.8, 4) is 12.1 Å². The summed E-state index contributed by atoms with van der Waals surface area (Å²) < 4.78 is 4.88. The van der Waals surface area contributed by atoms with Gasteiger partial charge in [0.25, 0.3) is 5.91 Å². The normalized spacial score (nSPS) is 9.65. The molecule has 1 heterocycles. The number of carbonyl (C=O) groups is 1. The maximum absolute atomic E-state index is 11.1. The van der Waals surface area contributed by atoms with E-state index in [4.69, 9.17) is 20.9 Å². The molecular weight excluding hydrogens is 224 g/mol. The number of carbonyl (C=O) groups excluding carboxylic acids is 1. The lowest BCUT2D eigenvalue weighted by Crippen LogP contribution is -2.30. The van der Waals surface area contributed by atoms with E-state index in [-0.39, 0.29) is 25.3 Å². The van der Waals surface area contributed by atoms with Crippen LogP contribution in [0.5, 0.6) is 0 Å². The maximum atomic E-state index is 11.1. The van der Waals surface area contributed by atoms with Crippen LogP contribution in [0, 0.1) is 22.7 Å². The molecule has 8 heteroatoms. The number of hydrazine groups is 1. The van der Waals surface area contributed by atoms with Crippen LogP contribution in [0.15, 0.2) is 10.6 Å². The van der Waals surface area contributed by atoms with Gasteiger partial charge in [-0.1, -0.05) is 5.16 Å². The van der Waals surface area contributed by atoms with Crippen molar-refractivity contribution < 1.29 is 9.32 Å². The number of nitrogens with zero attached hydrogens (tertiary/aromatic N) is 4. The quantitative estimate of drug-likeness (QED) is 0.293. The third-order valence-corrected chi connectivity index (χ3v) is 1.89.